The van der Waals surface area contributed by atoms with Crippen molar-refractivity contribution in [2.75, 3.05) is 6.54 Å². The Morgan fingerprint density at radius 2 is 1.81 bits per heavy atom. The van der Waals surface area contributed by atoms with E-state index in [9.17, 15) is 0 Å². The molecule has 1 aromatic carbocycles. The van der Waals surface area contributed by atoms with Gasteiger partial charge in [0.25, 0.3) is 0 Å². The van der Waals surface area contributed by atoms with Crippen molar-refractivity contribution in [3.05, 3.63) is 51.3 Å². The van der Waals surface area contributed by atoms with Gasteiger partial charge in [-0.3, -0.25) is 4.68 Å². The predicted octanol–water partition coefficient (Wildman–Crippen LogP) is 4.18. The van der Waals surface area contributed by atoms with Crippen LogP contribution < -0.4 is 5.32 Å². The summed E-state index contributed by atoms with van der Waals surface area (Å²) >= 11 is 12.3. The van der Waals surface area contributed by atoms with Gasteiger partial charge < -0.3 is 5.32 Å². The predicted molar refractivity (Wildman–Crippen MR) is 89.2 cm³/mol. The van der Waals surface area contributed by atoms with Crippen LogP contribution in [0.4, 0.5) is 0 Å². The van der Waals surface area contributed by atoms with E-state index < -0.39 is 0 Å². The molecular weight excluding hydrogens is 305 g/mol. The molecule has 5 heteroatoms. The third-order valence-corrected chi connectivity index (χ3v) is 3.98. The van der Waals surface area contributed by atoms with E-state index in [0.717, 1.165) is 30.6 Å². The van der Waals surface area contributed by atoms with Crippen LogP contribution in [0.1, 0.15) is 36.8 Å². The minimum atomic E-state index is 0.173. The average molecular weight is 326 g/mol. The largest absolute Gasteiger partial charge is 0.310 e. The Hall–Kier alpha value is -1.03. The highest BCUT2D eigenvalue weighted by Crippen LogP contribution is 2.26. The number of hydrogen-bond acceptors (Lipinski definition) is 2. The summed E-state index contributed by atoms with van der Waals surface area (Å²) < 4.78 is 1.95. The fourth-order valence-corrected chi connectivity index (χ4v) is 3.02. The van der Waals surface area contributed by atoms with Crippen molar-refractivity contribution >= 4 is 23.2 Å². The first-order valence-electron chi connectivity index (χ1n) is 7.24. The highest BCUT2D eigenvalue weighted by molar-refractivity contribution is 6.34. The Balaban J connectivity index is 2.27. The molecule has 0 saturated heterocycles. The smallest absolute Gasteiger partial charge is 0.0624 e. The molecule has 1 N–H and O–H groups in total. The molecule has 1 atom stereocenters. The molecule has 2 rings (SSSR count). The van der Waals surface area contributed by atoms with Crippen molar-refractivity contribution in [2.24, 2.45) is 7.05 Å². The number of hydrogen-bond donors (Lipinski definition) is 1. The lowest BCUT2D eigenvalue weighted by atomic mass is 10.0. The van der Waals surface area contributed by atoms with Crippen LogP contribution in [0.3, 0.4) is 0 Å². The molecule has 0 bridgehead atoms. The van der Waals surface area contributed by atoms with Crippen molar-refractivity contribution in [1.82, 2.24) is 15.1 Å². The van der Waals surface area contributed by atoms with Crippen LogP contribution in [0.5, 0.6) is 0 Å². The maximum atomic E-state index is 6.13. The van der Waals surface area contributed by atoms with Gasteiger partial charge >= 0.3 is 0 Å². The molecule has 0 aliphatic rings. The van der Waals surface area contributed by atoms with Gasteiger partial charge in [-0.25, -0.2) is 0 Å². The maximum absolute atomic E-state index is 6.13. The Morgan fingerprint density at radius 3 is 2.33 bits per heavy atom. The molecule has 0 radical (unpaired) electrons. The molecule has 0 aliphatic heterocycles. The molecule has 2 aromatic rings. The monoisotopic (exact) mass is 325 g/mol. The number of aromatic nitrogens is 2. The normalized spacial score (nSPS) is 12.6. The van der Waals surface area contributed by atoms with Gasteiger partial charge in [-0.1, -0.05) is 37.0 Å². The molecule has 21 heavy (non-hydrogen) atoms. The third kappa shape index (κ3) is 4.22. The summed E-state index contributed by atoms with van der Waals surface area (Å²) in [6.07, 6.45) is 1.80. The van der Waals surface area contributed by atoms with Gasteiger partial charge in [0.05, 0.1) is 5.69 Å². The zero-order valence-electron chi connectivity index (χ0n) is 12.7. The number of likely N-dealkylation sites (N-methyl/N-ethyl adjacent to an activating group) is 1. The molecular formula is C16H21Cl2N3. The van der Waals surface area contributed by atoms with Crippen LogP contribution in [-0.2, 0) is 19.9 Å². The van der Waals surface area contributed by atoms with Crippen LogP contribution in [0.2, 0.25) is 10.0 Å². The number of halogens is 2. The molecule has 0 amide bonds. The van der Waals surface area contributed by atoms with Gasteiger partial charge in [-0.15, -0.1) is 0 Å². The zero-order chi connectivity index (χ0) is 15.4. The van der Waals surface area contributed by atoms with Gasteiger partial charge in [0, 0.05) is 35.2 Å². The van der Waals surface area contributed by atoms with Crippen LogP contribution in [0, 0.1) is 0 Å². The van der Waals surface area contributed by atoms with Crippen molar-refractivity contribution < 1.29 is 0 Å². The summed E-state index contributed by atoms with van der Waals surface area (Å²) in [6, 6.07) is 8.03. The van der Waals surface area contributed by atoms with E-state index in [-0.39, 0.29) is 6.04 Å². The second-order valence-corrected chi connectivity index (χ2v) is 5.99. The van der Waals surface area contributed by atoms with Crippen LogP contribution in [-0.4, -0.2) is 16.3 Å². The first-order chi connectivity index (χ1) is 10.0. The van der Waals surface area contributed by atoms with Crippen LogP contribution in [0.25, 0.3) is 0 Å². The Morgan fingerprint density at radius 1 is 1.14 bits per heavy atom. The minimum Gasteiger partial charge on any atom is -0.310 e. The van der Waals surface area contributed by atoms with Crippen LogP contribution in [0.15, 0.2) is 24.3 Å². The molecule has 3 nitrogen and oxygen atoms in total. The summed E-state index contributed by atoms with van der Waals surface area (Å²) in [6.45, 7) is 5.10. The van der Waals surface area contributed by atoms with E-state index in [0.29, 0.717) is 10.0 Å². The Labute approximate surface area is 136 Å². The molecule has 0 saturated carbocycles. The molecule has 0 aliphatic carbocycles. The molecule has 114 valence electrons. The van der Waals surface area contributed by atoms with Crippen molar-refractivity contribution in [3.8, 4) is 0 Å². The third-order valence-electron chi connectivity index (χ3n) is 3.54. The quantitative estimate of drug-likeness (QED) is 0.863. The average Bonchev–Trinajstić information content (AvgIpc) is 2.78. The number of aryl methyl sites for hydroxylation is 2. The van der Waals surface area contributed by atoms with E-state index in [1.807, 2.05) is 23.9 Å². The van der Waals surface area contributed by atoms with Gasteiger partial charge in [-0.2, -0.15) is 5.10 Å². The van der Waals surface area contributed by atoms with Crippen LogP contribution >= 0.6 is 23.2 Å². The summed E-state index contributed by atoms with van der Waals surface area (Å²) in [5.74, 6) is 0. The topological polar surface area (TPSA) is 29.9 Å². The van der Waals surface area contributed by atoms with E-state index in [4.69, 9.17) is 23.2 Å². The van der Waals surface area contributed by atoms with Gasteiger partial charge in [0.2, 0.25) is 0 Å². The summed E-state index contributed by atoms with van der Waals surface area (Å²) in [7, 11) is 1.99. The number of nitrogens with one attached hydrogen (secondary N) is 1. The number of nitrogens with zero attached hydrogens (tertiary/aromatic N) is 2. The van der Waals surface area contributed by atoms with Crippen molar-refractivity contribution in [3.63, 3.8) is 0 Å². The maximum Gasteiger partial charge on any atom is 0.0624 e. The first-order valence-corrected chi connectivity index (χ1v) is 8.00. The second-order valence-electron chi connectivity index (χ2n) is 5.12. The first kappa shape index (κ1) is 16.3. The van der Waals surface area contributed by atoms with Gasteiger partial charge in [-0.05, 0) is 42.8 Å². The summed E-state index contributed by atoms with van der Waals surface area (Å²) in [5.41, 5.74) is 3.43. The fraction of sp³-hybridized carbons (Fsp3) is 0.438. The highest BCUT2D eigenvalue weighted by Gasteiger charge is 2.15. The molecule has 1 heterocycles. The molecule has 0 spiro atoms. The number of benzene rings is 1. The molecule has 0 fully saturated rings. The molecule has 1 unspecified atom stereocenters. The fourth-order valence-electron chi connectivity index (χ4n) is 2.48. The highest BCUT2D eigenvalue weighted by atomic mass is 35.5. The Bertz CT molecular complexity index is 587. The number of rotatable bonds is 6. The van der Waals surface area contributed by atoms with Crippen molar-refractivity contribution in [2.45, 2.75) is 32.7 Å². The van der Waals surface area contributed by atoms with E-state index in [1.165, 1.54) is 5.69 Å². The lowest BCUT2D eigenvalue weighted by Crippen LogP contribution is -2.24. The second kappa shape index (κ2) is 7.30. The van der Waals surface area contributed by atoms with Gasteiger partial charge in [0.15, 0.2) is 0 Å². The zero-order valence-corrected chi connectivity index (χ0v) is 14.2. The SMILES string of the molecule is CCNC(Cc1cc(CC)nn1C)c1cc(Cl)cc(Cl)c1. The summed E-state index contributed by atoms with van der Waals surface area (Å²) in [5, 5.41) is 9.34. The van der Waals surface area contributed by atoms with Gasteiger partial charge in [0.1, 0.15) is 0 Å². The van der Waals surface area contributed by atoms with E-state index >= 15 is 0 Å². The van der Waals surface area contributed by atoms with E-state index in [2.05, 4.69) is 30.3 Å². The lowest BCUT2D eigenvalue weighted by Gasteiger charge is -2.19. The lowest BCUT2D eigenvalue weighted by molar-refractivity contribution is 0.528. The molecule has 1 aromatic heterocycles. The van der Waals surface area contributed by atoms with E-state index in [1.54, 1.807) is 6.07 Å². The Kier molecular flexibility index (Phi) is 5.68. The summed E-state index contributed by atoms with van der Waals surface area (Å²) in [4.78, 5) is 0. The minimum absolute atomic E-state index is 0.173. The standard InChI is InChI=1S/C16H21Cl2N3/c1-4-14-9-15(21(3)20-14)10-16(19-5-2)11-6-12(17)8-13(18)7-11/h6-9,16,19H,4-5,10H2,1-3H3. The van der Waals surface area contributed by atoms with Crippen molar-refractivity contribution in [1.29, 1.82) is 0 Å².